The lowest BCUT2D eigenvalue weighted by Crippen LogP contribution is -2.34. The number of rotatable bonds is 12. The Morgan fingerprint density at radius 3 is 2.21 bits per heavy atom. The molecule has 3 aromatic rings. The molecule has 0 saturated carbocycles. The van der Waals surface area contributed by atoms with Crippen LogP contribution in [0.5, 0.6) is 17.2 Å². The van der Waals surface area contributed by atoms with E-state index in [1.165, 1.54) is 6.21 Å². The molecule has 2 N–H and O–H groups in total. The molecule has 0 spiro atoms. The van der Waals surface area contributed by atoms with Gasteiger partial charge in [0.2, 0.25) is 0 Å². The maximum atomic E-state index is 12.6. The van der Waals surface area contributed by atoms with Gasteiger partial charge in [-0.25, -0.2) is 10.2 Å². The van der Waals surface area contributed by atoms with Crippen LogP contribution in [0.4, 0.5) is 0 Å². The van der Waals surface area contributed by atoms with Crippen molar-refractivity contribution in [2.24, 2.45) is 5.10 Å². The minimum Gasteiger partial charge on any atom is -0.494 e. The van der Waals surface area contributed by atoms with Gasteiger partial charge in [0.25, 0.3) is 11.8 Å². The fraction of sp³-hybridized carbons (Fsp3) is 0.214. The van der Waals surface area contributed by atoms with E-state index in [9.17, 15) is 14.4 Å². The summed E-state index contributed by atoms with van der Waals surface area (Å²) in [7, 11) is 0. The smallest absolute Gasteiger partial charge is 0.343 e. The molecule has 0 saturated heterocycles. The molecule has 0 bridgehead atoms. The fourth-order valence-electron chi connectivity index (χ4n) is 3.12. The average Bonchev–Trinajstić information content (AvgIpc) is 2.92. The molecular weight excluding hydrogens is 554 g/mol. The van der Waals surface area contributed by atoms with Crippen LogP contribution in [0.15, 0.2) is 76.3 Å². The molecule has 0 radical (unpaired) electrons. The van der Waals surface area contributed by atoms with Crippen molar-refractivity contribution in [1.82, 2.24) is 10.7 Å². The predicted molar refractivity (Wildman–Crippen MR) is 147 cm³/mol. The Hall–Kier alpha value is -4.18. The summed E-state index contributed by atoms with van der Waals surface area (Å²) in [6, 6.07) is 18.3. The molecule has 3 rings (SSSR count). The molecule has 0 aliphatic heterocycles. The van der Waals surface area contributed by atoms with Crippen molar-refractivity contribution < 1.29 is 28.6 Å². The molecule has 0 fully saturated rings. The molecule has 3 aromatic carbocycles. The first-order valence-corrected chi connectivity index (χ1v) is 12.8. The first kappa shape index (κ1) is 28.4. The van der Waals surface area contributed by atoms with Crippen molar-refractivity contribution >= 4 is 39.9 Å². The zero-order valence-electron chi connectivity index (χ0n) is 21.0. The van der Waals surface area contributed by atoms with Crippen LogP contribution in [0.1, 0.15) is 46.5 Å². The van der Waals surface area contributed by atoms with E-state index >= 15 is 0 Å². The number of esters is 1. The van der Waals surface area contributed by atoms with Crippen LogP contribution in [-0.2, 0) is 4.79 Å². The lowest BCUT2D eigenvalue weighted by Gasteiger charge is -2.09. The lowest BCUT2D eigenvalue weighted by atomic mass is 10.2. The second-order valence-corrected chi connectivity index (χ2v) is 8.79. The van der Waals surface area contributed by atoms with Gasteiger partial charge in [-0.2, -0.15) is 5.10 Å². The number of benzene rings is 3. The van der Waals surface area contributed by atoms with E-state index in [0.29, 0.717) is 41.4 Å². The van der Waals surface area contributed by atoms with Gasteiger partial charge in [0.05, 0.1) is 31.5 Å². The van der Waals surface area contributed by atoms with Crippen molar-refractivity contribution in [3.05, 3.63) is 87.9 Å². The summed E-state index contributed by atoms with van der Waals surface area (Å²) in [5.74, 6) is 0.101. The first-order valence-electron chi connectivity index (χ1n) is 12.0. The summed E-state index contributed by atoms with van der Waals surface area (Å²) in [6.07, 6.45) is 2.23. The van der Waals surface area contributed by atoms with E-state index in [1.807, 2.05) is 13.8 Å². The summed E-state index contributed by atoms with van der Waals surface area (Å²) >= 11 is 3.37. The molecule has 0 aliphatic carbocycles. The van der Waals surface area contributed by atoms with Crippen LogP contribution in [-0.4, -0.2) is 43.8 Å². The van der Waals surface area contributed by atoms with Gasteiger partial charge in [0, 0.05) is 15.6 Å². The first-order chi connectivity index (χ1) is 18.4. The third kappa shape index (κ3) is 8.74. The second kappa shape index (κ2) is 14.5. The van der Waals surface area contributed by atoms with Crippen molar-refractivity contribution in [1.29, 1.82) is 0 Å². The number of hydrogen-bond donors (Lipinski definition) is 2. The Labute approximate surface area is 229 Å². The predicted octanol–water partition coefficient (Wildman–Crippen LogP) is 4.74. The van der Waals surface area contributed by atoms with E-state index in [4.69, 9.17) is 14.2 Å². The van der Waals surface area contributed by atoms with Gasteiger partial charge in [-0.1, -0.05) is 22.9 Å². The SMILES string of the molecule is CCCOc1ccc(C(=O)Oc2ccc(Br)cc2C=NNC(=O)CNC(=O)c2ccc(OCC)cc2)cc1. The van der Waals surface area contributed by atoms with Gasteiger partial charge in [-0.05, 0) is 80.1 Å². The van der Waals surface area contributed by atoms with Crippen molar-refractivity contribution in [3.8, 4) is 17.2 Å². The highest BCUT2D eigenvalue weighted by Gasteiger charge is 2.13. The third-order valence-corrected chi connectivity index (χ3v) is 5.46. The second-order valence-electron chi connectivity index (χ2n) is 7.88. The van der Waals surface area contributed by atoms with Crippen LogP contribution >= 0.6 is 15.9 Å². The van der Waals surface area contributed by atoms with Crippen molar-refractivity contribution in [3.63, 3.8) is 0 Å². The van der Waals surface area contributed by atoms with E-state index < -0.39 is 17.8 Å². The number of hydrazone groups is 1. The molecule has 0 heterocycles. The number of nitrogens with zero attached hydrogens (tertiary/aromatic N) is 1. The Bertz CT molecular complexity index is 1280. The van der Waals surface area contributed by atoms with E-state index in [1.54, 1.807) is 66.7 Å². The van der Waals surface area contributed by atoms with Gasteiger partial charge >= 0.3 is 5.97 Å². The zero-order valence-corrected chi connectivity index (χ0v) is 22.6. The van der Waals surface area contributed by atoms with Crippen LogP contribution in [0, 0.1) is 0 Å². The fourth-order valence-corrected chi connectivity index (χ4v) is 3.50. The van der Waals surface area contributed by atoms with Gasteiger partial charge in [0.15, 0.2) is 0 Å². The maximum Gasteiger partial charge on any atom is 0.343 e. The van der Waals surface area contributed by atoms with E-state index in [0.717, 1.165) is 10.9 Å². The number of hydrogen-bond acceptors (Lipinski definition) is 7. The van der Waals surface area contributed by atoms with Crippen LogP contribution in [0.25, 0.3) is 0 Å². The summed E-state index contributed by atoms with van der Waals surface area (Å²) in [5, 5.41) is 6.45. The normalized spacial score (nSPS) is 10.6. The highest BCUT2D eigenvalue weighted by atomic mass is 79.9. The number of amides is 2. The molecule has 10 heteroatoms. The molecule has 0 unspecified atom stereocenters. The number of carbonyl (C=O) groups is 3. The Morgan fingerprint density at radius 1 is 0.895 bits per heavy atom. The Morgan fingerprint density at radius 2 is 1.55 bits per heavy atom. The van der Waals surface area contributed by atoms with Crippen molar-refractivity contribution in [2.75, 3.05) is 19.8 Å². The van der Waals surface area contributed by atoms with Crippen LogP contribution < -0.4 is 25.0 Å². The highest BCUT2D eigenvalue weighted by Crippen LogP contribution is 2.23. The third-order valence-electron chi connectivity index (χ3n) is 4.97. The number of nitrogens with one attached hydrogen (secondary N) is 2. The van der Waals surface area contributed by atoms with Gasteiger partial charge in [-0.3, -0.25) is 9.59 Å². The number of ether oxygens (including phenoxy) is 3. The molecule has 198 valence electrons. The number of carbonyl (C=O) groups excluding carboxylic acids is 3. The quantitative estimate of drug-likeness (QED) is 0.138. The minimum absolute atomic E-state index is 0.256. The monoisotopic (exact) mass is 581 g/mol. The van der Waals surface area contributed by atoms with E-state index in [2.05, 4.69) is 31.8 Å². The van der Waals surface area contributed by atoms with Gasteiger partial charge < -0.3 is 19.5 Å². The zero-order chi connectivity index (χ0) is 27.3. The molecular formula is C28H28BrN3O6. The molecule has 2 amide bonds. The molecule has 0 aromatic heterocycles. The molecule has 38 heavy (non-hydrogen) atoms. The van der Waals surface area contributed by atoms with Crippen molar-refractivity contribution in [2.45, 2.75) is 20.3 Å². The minimum atomic E-state index is -0.551. The van der Waals surface area contributed by atoms with Crippen LogP contribution in [0.2, 0.25) is 0 Å². The summed E-state index contributed by atoms with van der Waals surface area (Å²) in [5.41, 5.74) is 3.55. The topological polar surface area (TPSA) is 115 Å². The summed E-state index contributed by atoms with van der Waals surface area (Å²) < 4.78 is 17.2. The maximum absolute atomic E-state index is 12.6. The Balaban J connectivity index is 1.55. The summed E-state index contributed by atoms with van der Waals surface area (Å²) in [6.45, 7) is 4.73. The highest BCUT2D eigenvalue weighted by molar-refractivity contribution is 9.10. The molecule has 9 nitrogen and oxygen atoms in total. The Kier molecular flexibility index (Phi) is 10.9. The average molecular weight is 582 g/mol. The lowest BCUT2D eigenvalue weighted by molar-refractivity contribution is -0.120. The molecule has 0 atom stereocenters. The molecule has 0 aliphatic rings. The summed E-state index contributed by atoms with van der Waals surface area (Å²) in [4.78, 5) is 37.0. The van der Waals surface area contributed by atoms with Gasteiger partial charge in [-0.15, -0.1) is 0 Å². The largest absolute Gasteiger partial charge is 0.494 e. The number of halogens is 1. The standard InChI is InChI=1S/C28H28BrN3O6/c1-3-15-37-24-12-7-20(8-13-24)28(35)38-25-14-9-22(29)16-21(25)17-31-32-26(33)18-30-27(34)19-5-10-23(11-6-19)36-4-2/h5-14,16-17H,3-4,15,18H2,1-2H3,(H,30,34)(H,32,33). The van der Waals surface area contributed by atoms with Gasteiger partial charge in [0.1, 0.15) is 17.2 Å². The van der Waals surface area contributed by atoms with E-state index in [-0.39, 0.29) is 12.3 Å². The van der Waals surface area contributed by atoms with Crippen LogP contribution in [0.3, 0.4) is 0 Å².